The van der Waals surface area contributed by atoms with E-state index >= 15 is 0 Å². The Morgan fingerprint density at radius 2 is 2.05 bits per heavy atom. The third kappa shape index (κ3) is 2.72. The molecular formula is C13H11N5O2S2. The summed E-state index contributed by atoms with van der Waals surface area (Å²) in [6.45, 7) is 0. The lowest BCUT2D eigenvalue weighted by Gasteiger charge is -2.05. The molecule has 0 amide bonds. The average molecular weight is 333 g/mol. The SMILES string of the molecule is CN(C)c1nnc(Sc2ccc([N+](=O)[O-])c3cnccc23)s1. The van der Waals surface area contributed by atoms with E-state index in [0.717, 1.165) is 19.8 Å². The van der Waals surface area contributed by atoms with Gasteiger partial charge in [0.25, 0.3) is 5.69 Å². The molecule has 0 aliphatic heterocycles. The molecule has 0 radical (unpaired) electrons. The Morgan fingerprint density at radius 3 is 2.73 bits per heavy atom. The van der Waals surface area contributed by atoms with Crippen molar-refractivity contribution in [2.75, 3.05) is 19.0 Å². The minimum atomic E-state index is -0.395. The van der Waals surface area contributed by atoms with Crippen molar-refractivity contribution in [3.05, 3.63) is 40.7 Å². The Hall–Kier alpha value is -2.26. The summed E-state index contributed by atoms with van der Waals surface area (Å²) in [4.78, 5) is 17.5. The number of aromatic nitrogens is 3. The number of nitro benzene ring substituents is 1. The minimum Gasteiger partial charge on any atom is -0.353 e. The second-order valence-corrected chi connectivity index (χ2v) is 6.85. The fourth-order valence-corrected chi connectivity index (χ4v) is 3.77. The van der Waals surface area contributed by atoms with Crippen LogP contribution < -0.4 is 4.90 Å². The van der Waals surface area contributed by atoms with Crippen molar-refractivity contribution in [3.8, 4) is 0 Å². The van der Waals surface area contributed by atoms with Crippen molar-refractivity contribution >= 4 is 44.7 Å². The average Bonchev–Trinajstić information content (AvgIpc) is 2.96. The first kappa shape index (κ1) is 14.7. The Labute approximate surface area is 134 Å². The normalized spacial score (nSPS) is 10.8. The first-order chi connectivity index (χ1) is 10.6. The maximum absolute atomic E-state index is 11.1. The molecule has 7 nitrogen and oxygen atoms in total. The Bertz CT molecular complexity index is 849. The van der Waals surface area contributed by atoms with Crippen molar-refractivity contribution in [2.24, 2.45) is 0 Å². The molecule has 2 heterocycles. The Kier molecular flexibility index (Phi) is 3.90. The summed E-state index contributed by atoms with van der Waals surface area (Å²) >= 11 is 2.92. The maximum Gasteiger partial charge on any atom is 0.278 e. The molecule has 0 spiro atoms. The molecule has 0 saturated carbocycles. The predicted molar refractivity (Wildman–Crippen MR) is 86.8 cm³/mol. The van der Waals surface area contributed by atoms with Crippen LogP contribution in [-0.4, -0.2) is 34.2 Å². The van der Waals surface area contributed by atoms with Crippen LogP contribution in [0.1, 0.15) is 0 Å². The van der Waals surface area contributed by atoms with E-state index in [1.54, 1.807) is 18.3 Å². The van der Waals surface area contributed by atoms with Crippen molar-refractivity contribution in [1.29, 1.82) is 0 Å². The van der Waals surface area contributed by atoms with Crippen LogP contribution in [0.25, 0.3) is 10.8 Å². The number of benzene rings is 1. The summed E-state index contributed by atoms with van der Waals surface area (Å²) in [5.41, 5.74) is 0.0543. The Morgan fingerprint density at radius 1 is 1.23 bits per heavy atom. The van der Waals surface area contributed by atoms with Gasteiger partial charge in [-0.05, 0) is 12.1 Å². The zero-order valence-electron chi connectivity index (χ0n) is 11.8. The van der Waals surface area contributed by atoms with Crippen LogP contribution in [0.3, 0.4) is 0 Å². The molecule has 0 aliphatic rings. The number of anilines is 1. The van der Waals surface area contributed by atoms with Crippen LogP contribution in [0.5, 0.6) is 0 Å². The third-order valence-electron chi connectivity index (χ3n) is 2.93. The number of non-ortho nitro benzene ring substituents is 1. The van der Waals surface area contributed by atoms with Crippen LogP contribution in [0.4, 0.5) is 10.8 Å². The van der Waals surface area contributed by atoms with Crippen molar-refractivity contribution < 1.29 is 4.92 Å². The molecule has 0 unspecified atom stereocenters. The summed E-state index contributed by atoms with van der Waals surface area (Å²) in [5, 5.41) is 21.5. The van der Waals surface area contributed by atoms with Crippen LogP contribution in [-0.2, 0) is 0 Å². The largest absolute Gasteiger partial charge is 0.353 e. The quantitative estimate of drug-likeness (QED) is 0.535. The summed E-state index contributed by atoms with van der Waals surface area (Å²) in [6.07, 6.45) is 3.14. The van der Waals surface area contributed by atoms with Crippen molar-refractivity contribution in [1.82, 2.24) is 15.2 Å². The third-order valence-corrected chi connectivity index (χ3v) is 5.15. The molecule has 0 atom stereocenters. The van der Waals surface area contributed by atoms with E-state index in [1.807, 2.05) is 19.0 Å². The highest BCUT2D eigenvalue weighted by atomic mass is 32.2. The fraction of sp³-hybridized carbons (Fsp3) is 0.154. The first-order valence-corrected chi connectivity index (χ1v) is 7.89. The molecule has 3 rings (SSSR count). The standard InChI is InChI=1S/C13H11N5O2S2/c1-17(2)12-15-16-13(22-12)21-11-4-3-10(18(19)20)9-7-14-6-5-8(9)11/h3-7H,1-2H3. The number of pyridine rings is 1. The molecule has 0 aliphatic carbocycles. The number of fused-ring (bicyclic) bond motifs is 1. The molecule has 9 heteroatoms. The molecule has 0 N–H and O–H groups in total. The molecule has 0 saturated heterocycles. The van der Waals surface area contributed by atoms with Crippen molar-refractivity contribution in [2.45, 2.75) is 9.24 Å². The molecule has 3 aromatic rings. The van der Waals surface area contributed by atoms with E-state index in [2.05, 4.69) is 15.2 Å². The first-order valence-electron chi connectivity index (χ1n) is 6.26. The molecule has 2 aromatic heterocycles. The summed E-state index contributed by atoms with van der Waals surface area (Å²) < 4.78 is 0.788. The maximum atomic E-state index is 11.1. The highest BCUT2D eigenvalue weighted by molar-refractivity contribution is 8.01. The van der Waals surface area contributed by atoms with Gasteiger partial charge in [0.1, 0.15) is 0 Å². The number of hydrogen-bond donors (Lipinski definition) is 0. The number of hydrogen-bond acceptors (Lipinski definition) is 8. The van der Waals surface area contributed by atoms with Crippen LogP contribution >= 0.6 is 23.1 Å². The van der Waals surface area contributed by atoms with Gasteiger partial charge in [-0.15, -0.1) is 10.2 Å². The highest BCUT2D eigenvalue weighted by Gasteiger charge is 2.16. The van der Waals surface area contributed by atoms with Gasteiger partial charge in [0.2, 0.25) is 5.13 Å². The van der Waals surface area contributed by atoms with Gasteiger partial charge in [-0.3, -0.25) is 15.1 Å². The number of nitrogens with zero attached hydrogens (tertiary/aromatic N) is 5. The summed E-state index contributed by atoms with van der Waals surface area (Å²) in [6, 6.07) is 5.01. The summed E-state index contributed by atoms with van der Waals surface area (Å²) in [5.74, 6) is 0. The van der Waals surface area contributed by atoms with Gasteiger partial charge in [-0.2, -0.15) is 0 Å². The summed E-state index contributed by atoms with van der Waals surface area (Å²) in [7, 11) is 3.81. The minimum absolute atomic E-state index is 0.0543. The van der Waals surface area contributed by atoms with Crippen LogP contribution in [0.15, 0.2) is 39.8 Å². The zero-order chi connectivity index (χ0) is 15.7. The van der Waals surface area contributed by atoms with E-state index in [1.165, 1.54) is 35.4 Å². The van der Waals surface area contributed by atoms with Gasteiger partial charge < -0.3 is 4.90 Å². The molecular weight excluding hydrogens is 322 g/mol. The van der Waals surface area contributed by atoms with E-state index in [4.69, 9.17) is 0 Å². The van der Waals surface area contributed by atoms with E-state index in [9.17, 15) is 10.1 Å². The van der Waals surface area contributed by atoms with Gasteiger partial charge in [0.05, 0.1) is 10.3 Å². The molecule has 1 aromatic carbocycles. The Balaban J connectivity index is 2.04. The van der Waals surface area contributed by atoms with Crippen molar-refractivity contribution in [3.63, 3.8) is 0 Å². The van der Waals surface area contributed by atoms with Crippen LogP contribution in [0, 0.1) is 10.1 Å². The van der Waals surface area contributed by atoms with Crippen LogP contribution in [0.2, 0.25) is 0 Å². The zero-order valence-corrected chi connectivity index (χ0v) is 13.4. The lowest BCUT2D eigenvalue weighted by molar-refractivity contribution is -0.383. The molecule has 0 fully saturated rings. The van der Waals surface area contributed by atoms with Gasteiger partial charge in [-0.25, -0.2) is 0 Å². The topological polar surface area (TPSA) is 85.0 Å². The molecule has 0 bridgehead atoms. The highest BCUT2D eigenvalue weighted by Crippen LogP contribution is 2.38. The number of rotatable bonds is 4. The fourth-order valence-electron chi connectivity index (χ4n) is 1.91. The monoisotopic (exact) mass is 333 g/mol. The smallest absolute Gasteiger partial charge is 0.278 e. The van der Waals surface area contributed by atoms with E-state index in [0.29, 0.717) is 5.39 Å². The van der Waals surface area contributed by atoms with E-state index < -0.39 is 4.92 Å². The molecule has 22 heavy (non-hydrogen) atoms. The molecule has 112 valence electrons. The predicted octanol–water partition coefficient (Wildman–Crippen LogP) is 3.21. The van der Waals surface area contributed by atoms with Gasteiger partial charge >= 0.3 is 0 Å². The second-order valence-electron chi connectivity index (χ2n) is 4.61. The number of nitro groups is 1. The van der Waals surface area contributed by atoms with Gasteiger partial charge in [-0.1, -0.05) is 23.1 Å². The second kappa shape index (κ2) is 5.85. The lowest BCUT2D eigenvalue weighted by Crippen LogP contribution is -2.07. The van der Waals surface area contributed by atoms with E-state index in [-0.39, 0.29) is 5.69 Å². The lowest BCUT2D eigenvalue weighted by atomic mass is 10.1. The van der Waals surface area contributed by atoms with Gasteiger partial charge in [0.15, 0.2) is 4.34 Å². The van der Waals surface area contributed by atoms with Gasteiger partial charge in [0, 0.05) is 42.8 Å².